The predicted molar refractivity (Wildman–Crippen MR) is 65.7 cm³/mol. The number of H-pyrrole nitrogens is 1. The first-order chi connectivity index (χ1) is 7.19. The Kier molecular flexibility index (Phi) is 1.94. The van der Waals surface area contributed by atoms with Gasteiger partial charge in [-0.05, 0) is 46.8 Å². The second kappa shape index (κ2) is 3.09. The Hall–Kier alpha value is -0.800. The van der Waals surface area contributed by atoms with Crippen molar-refractivity contribution in [3.63, 3.8) is 0 Å². The van der Waals surface area contributed by atoms with Crippen molar-refractivity contribution in [3.8, 4) is 0 Å². The molecule has 0 bridgehead atoms. The molecule has 0 spiro atoms. The zero-order valence-electron chi connectivity index (χ0n) is 8.39. The maximum absolute atomic E-state index is 6.30. The Balaban J connectivity index is 2.14. The molecule has 1 heterocycles. The lowest BCUT2D eigenvalue weighted by Gasteiger charge is -2.38. The highest BCUT2D eigenvalue weighted by molar-refractivity contribution is 9.10. The molecule has 0 saturated heterocycles. The van der Waals surface area contributed by atoms with E-state index in [1.165, 1.54) is 17.4 Å². The van der Waals surface area contributed by atoms with Gasteiger partial charge in [0, 0.05) is 27.1 Å². The number of nitrogens with two attached hydrogens (primary N) is 1. The number of aromatic nitrogens is 1. The van der Waals surface area contributed by atoms with Gasteiger partial charge in [0.2, 0.25) is 0 Å². The third-order valence-corrected chi connectivity index (χ3v) is 4.11. The molecule has 1 fully saturated rings. The molecule has 2 nitrogen and oxygen atoms in total. The molecule has 78 valence electrons. The summed E-state index contributed by atoms with van der Waals surface area (Å²) in [4.78, 5) is 3.25. The zero-order chi connectivity index (χ0) is 10.5. The van der Waals surface area contributed by atoms with Crippen molar-refractivity contribution in [2.75, 3.05) is 0 Å². The normalized spacial score (nSPS) is 19.1. The van der Waals surface area contributed by atoms with Crippen molar-refractivity contribution in [1.29, 1.82) is 0 Å². The van der Waals surface area contributed by atoms with E-state index in [0.29, 0.717) is 0 Å². The summed E-state index contributed by atoms with van der Waals surface area (Å²) in [5, 5.41) is 1.22. The third kappa shape index (κ3) is 1.34. The molecule has 1 aliphatic carbocycles. The number of hydrogen-bond acceptors (Lipinski definition) is 1. The van der Waals surface area contributed by atoms with Crippen LogP contribution < -0.4 is 5.73 Å². The number of fused-ring (bicyclic) bond motifs is 1. The van der Waals surface area contributed by atoms with E-state index in [1.54, 1.807) is 0 Å². The van der Waals surface area contributed by atoms with Crippen LogP contribution in [0.2, 0.25) is 0 Å². The maximum Gasteiger partial charge on any atom is 0.0469 e. The zero-order valence-corrected chi connectivity index (χ0v) is 9.97. The molecule has 0 radical (unpaired) electrons. The molecule has 3 heteroatoms. The number of benzene rings is 1. The second-order valence-corrected chi connectivity index (χ2v) is 5.26. The lowest BCUT2D eigenvalue weighted by atomic mass is 9.73. The SMILES string of the molecule is NC1(c2ccc3c(Br)c[nH]c3c2)CCC1. The molecule has 0 aliphatic heterocycles. The van der Waals surface area contributed by atoms with Gasteiger partial charge in [-0.1, -0.05) is 12.1 Å². The smallest absolute Gasteiger partial charge is 0.0469 e. The van der Waals surface area contributed by atoms with E-state index in [1.807, 2.05) is 6.20 Å². The van der Waals surface area contributed by atoms with Crippen LogP contribution in [-0.2, 0) is 5.54 Å². The van der Waals surface area contributed by atoms with Crippen LogP contribution in [0.5, 0.6) is 0 Å². The molecule has 1 aromatic carbocycles. The Labute approximate surface area is 97.0 Å². The molecule has 3 rings (SSSR count). The van der Waals surface area contributed by atoms with Crippen molar-refractivity contribution >= 4 is 26.8 Å². The van der Waals surface area contributed by atoms with Gasteiger partial charge in [-0.25, -0.2) is 0 Å². The van der Waals surface area contributed by atoms with E-state index < -0.39 is 0 Å². The summed E-state index contributed by atoms with van der Waals surface area (Å²) >= 11 is 3.51. The van der Waals surface area contributed by atoms with Gasteiger partial charge in [0.1, 0.15) is 0 Å². The van der Waals surface area contributed by atoms with E-state index >= 15 is 0 Å². The van der Waals surface area contributed by atoms with E-state index in [9.17, 15) is 0 Å². The van der Waals surface area contributed by atoms with Crippen LogP contribution in [-0.4, -0.2) is 4.98 Å². The highest BCUT2D eigenvalue weighted by Gasteiger charge is 2.34. The molecule has 0 atom stereocenters. The van der Waals surface area contributed by atoms with Gasteiger partial charge in [-0.15, -0.1) is 0 Å². The molecule has 0 unspecified atom stereocenters. The van der Waals surface area contributed by atoms with Crippen LogP contribution >= 0.6 is 15.9 Å². The molecular weight excluding hydrogens is 252 g/mol. The molecule has 1 saturated carbocycles. The average molecular weight is 265 g/mol. The third-order valence-electron chi connectivity index (χ3n) is 3.45. The first-order valence-electron chi connectivity index (χ1n) is 5.25. The van der Waals surface area contributed by atoms with Gasteiger partial charge >= 0.3 is 0 Å². The van der Waals surface area contributed by atoms with Gasteiger partial charge < -0.3 is 10.7 Å². The topological polar surface area (TPSA) is 41.8 Å². The van der Waals surface area contributed by atoms with Crippen LogP contribution in [0.3, 0.4) is 0 Å². The molecule has 1 aliphatic rings. The van der Waals surface area contributed by atoms with E-state index in [-0.39, 0.29) is 5.54 Å². The minimum atomic E-state index is -0.0637. The fourth-order valence-corrected chi connectivity index (χ4v) is 2.71. The van der Waals surface area contributed by atoms with Crippen molar-refractivity contribution in [2.45, 2.75) is 24.8 Å². The Morgan fingerprint density at radius 1 is 1.33 bits per heavy atom. The highest BCUT2D eigenvalue weighted by Crippen LogP contribution is 2.39. The van der Waals surface area contributed by atoms with Crippen molar-refractivity contribution in [1.82, 2.24) is 4.98 Å². The Bertz CT molecular complexity index is 511. The van der Waals surface area contributed by atoms with Crippen LogP contribution in [0, 0.1) is 0 Å². The van der Waals surface area contributed by atoms with Crippen molar-refractivity contribution in [2.24, 2.45) is 5.73 Å². The first-order valence-corrected chi connectivity index (χ1v) is 6.04. The number of aromatic amines is 1. The van der Waals surface area contributed by atoms with Gasteiger partial charge in [0.05, 0.1) is 0 Å². The lowest BCUT2D eigenvalue weighted by Crippen LogP contribution is -2.43. The average Bonchev–Trinajstić information content (AvgIpc) is 2.56. The summed E-state index contributed by atoms with van der Waals surface area (Å²) in [5.74, 6) is 0. The lowest BCUT2D eigenvalue weighted by molar-refractivity contribution is 0.254. The predicted octanol–water partition coefficient (Wildman–Crippen LogP) is 3.27. The number of halogens is 1. The van der Waals surface area contributed by atoms with Crippen molar-refractivity contribution < 1.29 is 0 Å². The van der Waals surface area contributed by atoms with Crippen LogP contribution in [0.4, 0.5) is 0 Å². The minimum absolute atomic E-state index is 0.0637. The van der Waals surface area contributed by atoms with Gasteiger partial charge in [-0.3, -0.25) is 0 Å². The van der Waals surface area contributed by atoms with E-state index in [4.69, 9.17) is 5.73 Å². The van der Waals surface area contributed by atoms with Gasteiger partial charge in [0.15, 0.2) is 0 Å². The largest absolute Gasteiger partial charge is 0.360 e. The molecule has 0 amide bonds. The summed E-state index contributed by atoms with van der Waals surface area (Å²) in [6.45, 7) is 0. The maximum atomic E-state index is 6.30. The van der Waals surface area contributed by atoms with Crippen molar-refractivity contribution in [3.05, 3.63) is 34.4 Å². The minimum Gasteiger partial charge on any atom is -0.360 e. The van der Waals surface area contributed by atoms with E-state index in [2.05, 4.69) is 39.1 Å². The number of rotatable bonds is 1. The van der Waals surface area contributed by atoms with Crippen LogP contribution in [0.1, 0.15) is 24.8 Å². The van der Waals surface area contributed by atoms with Gasteiger partial charge in [-0.2, -0.15) is 0 Å². The summed E-state index contributed by atoms with van der Waals surface area (Å²) in [6, 6.07) is 6.47. The van der Waals surface area contributed by atoms with Crippen LogP contribution in [0.25, 0.3) is 10.9 Å². The number of hydrogen-bond donors (Lipinski definition) is 2. The monoisotopic (exact) mass is 264 g/mol. The highest BCUT2D eigenvalue weighted by atomic mass is 79.9. The first kappa shape index (κ1) is 9.43. The Morgan fingerprint density at radius 3 is 2.80 bits per heavy atom. The summed E-state index contributed by atoms with van der Waals surface area (Å²) in [5.41, 5.74) is 8.66. The number of nitrogens with one attached hydrogen (secondary N) is 1. The fraction of sp³-hybridized carbons (Fsp3) is 0.333. The summed E-state index contributed by atoms with van der Waals surface area (Å²) < 4.78 is 1.11. The van der Waals surface area contributed by atoms with E-state index in [0.717, 1.165) is 22.8 Å². The summed E-state index contributed by atoms with van der Waals surface area (Å²) in [7, 11) is 0. The fourth-order valence-electron chi connectivity index (χ4n) is 2.25. The molecule has 1 aromatic heterocycles. The molecular formula is C12H13BrN2. The Morgan fingerprint density at radius 2 is 2.13 bits per heavy atom. The molecule has 2 aromatic rings. The van der Waals surface area contributed by atoms with Gasteiger partial charge in [0.25, 0.3) is 0 Å². The second-order valence-electron chi connectivity index (χ2n) is 4.41. The quantitative estimate of drug-likeness (QED) is 0.816. The molecule has 3 N–H and O–H groups in total. The van der Waals surface area contributed by atoms with Crippen LogP contribution in [0.15, 0.2) is 28.9 Å². The molecule has 15 heavy (non-hydrogen) atoms. The standard InChI is InChI=1S/C12H13BrN2/c13-10-7-15-11-6-8(2-3-9(10)11)12(14)4-1-5-12/h2-3,6-7,15H,1,4-5,14H2. The summed E-state index contributed by atoms with van der Waals surface area (Å²) in [6.07, 6.45) is 5.45.